The molecule has 1 aromatic heterocycles. The summed E-state index contributed by atoms with van der Waals surface area (Å²) in [5, 5.41) is 10.8. The fourth-order valence-electron chi connectivity index (χ4n) is 2.72. The standard InChI is InChI=1S/C14H23N5O4S/c1-18(12(20)9-17-24(2,22)23)10-14(21)5-3-8-19(11-14)13-15-6-4-7-16-13/h4,6-7,17,21H,3,5,8-11H2,1-2H3. The van der Waals surface area contributed by atoms with Crippen LogP contribution >= 0.6 is 0 Å². The largest absolute Gasteiger partial charge is 0.386 e. The lowest BCUT2D eigenvalue weighted by Gasteiger charge is -2.41. The summed E-state index contributed by atoms with van der Waals surface area (Å²) in [7, 11) is -1.89. The van der Waals surface area contributed by atoms with Crippen molar-refractivity contribution in [2.24, 2.45) is 0 Å². The molecule has 1 saturated heterocycles. The van der Waals surface area contributed by atoms with Crippen LogP contribution < -0.4 is 9.62 Å². The Balaban J connectivity index is 1.96. The maximum atomic E-state index is 12.0. The normalized spacial score (nSPS) is 21.5. The average molecular weight is 357 g/mol. The fraction of sp³-hybridized carbons (Fsp3) is 0.643. The van der Waals surface area contributed by atoms with Gasteiger partial charge in [0.25, 0.3) is 0 Å². The molecule has 1 aliphatic heterocycles. The number of aromatic nitrogens is 2. The summed E-state index contributed by atoms with van der Waals surface area (Å²) >= 11 is 0. The van der Waals surface area contributed by atoms with E-state index in [1.54, 1.807) is 25.5 Å². The molecule has 2 N–H and O–H groups in total. The Morgan fingerprint density at radius 1 is 1.46 bits per heavy atom. The molecule has 1 aliphatic rings. The number of hydrogen-bond donors (Lipinski definition) is 2. The van der Waals surface area contributed by atoms with Gasteiger partial charge in [-0.2, -0.15) is 0 Å². The van der Waals surface area contributed by atoms with Crippen LogP contribution in [0, 0.1) is 0 Å². The van der Waals surface area contributed by atoms with Crippen molar-refractivity contribution in [3.63, 3.8) is 0 Å². The first-order valence-corrected chi connectivity index (χ1v) is 9.51. The zero-order chi connectivity index (χ0) is 17.8. The van der Waals surface area contributed by atoms with Crippen molar-refractivity contribution >= 4 is 21.9 Å². The second-order valence-electron chi connectivity index (χ2n) is 6.14. The van der Waals surface area contributed by atoms with Crippen molar-refractivity contribution in [2.45, 2.75) is 18.4 Å². The van der Waals surface area contributed by atoms with Gasteiger partial charge < -0.3 is 14.9 Å². The molecule has 1 unspecified atom stereocenters. The quantitative estimate of drug-likeness (QED) is 0.658. The number of piperidine rings is 1. The molecule has 2 rings (SSSR count). The smallest absolute Gasteiger partial charge is 0.237 e. The van der Waals surface area contributed by atoms with Crippen LogP contribution in [0.1, 0.15) is 12.8 Å². The molecule has 0 radical (unpaired) electrons. The molecule has 134 valence electrons. The van der Waals surface area contributed by atoms with Gasteiger partial charge in [0, 0.05) is 26.0 Å². The first-order valence-electron chi connectivity index (χ1n) is 7.61. The van der Waals surface area contributed by atoms with E-state index in [0.717, 1.165) is 19.2 Å². The number of amides is 1. The Morgan fingerprint density at radius 3 is 2.75 bits per heavy atom. The Kier molecular flexibility index (Phi) is 5.73. The molecular formula is C14H23N5O4S. The van der Waals surface area contributed by atoms with Crippen molar-refractivity contribution in [2.75, 3.05) is 44.4 Å². The summed E-state index contributed by atoms with van der Waals surface area (Å²) in [5.74, 6) is 0.144. The summed E-state index contributed by atoms with van der Waals surface area (Å²) in [6.07, 6.45) is 5.57. The Morgan fingerprint density at radius 2 is 2.12 bits per heavy atom. The Bertz CT molecular complexity index is 669. The number of hydrogen-bond acceptors (Lipinski definition) is 7. The van der Waals surface area contributed by atoms with E-state index in [4.69, 9.17) is 0 Å². The summed E-state index contributed by atoms with van der Waals surface area (Å²) in [4.78, 5) is 23.6. The predicted octanol–water partition coefficient (Wildman–Crippen LogP) is -1.18. The topological polar surface area (TPSA) is 116 Å². The predicted molar refractivity (Wildman–Crippen MR) is 88.9 cm³/mol. The van der Waals surface area contributed by atoms with Gasteiger partial charge >= 0.3 is 0 Å². The summed E-state index contributed by atoms with van der Waals surface area (Å²) in [6.45, 7) is 0.839. The zero-order valence-electron chi connectivity index (χ0n) is 13.8. The highest BCUT2D eigenvalue weighted by Gasteiger charge is 2.36. The highest BCUT2D eigenvalue weighted by atomic mass is 32.2. The lowest BCUT2D eigenvalue weighted by atomic mass is 9.92. The third-order valence-electron chi connectivity index (χ3n) is 3.83. The van der Waals surface area contributed by atoms with Gasteiger partial charge in [-0.25, -0.2) is 23.1 Å². The average Bonchev–Trinajstić information content (AvgIpc) is 2.52. The van der Waals surface area contributed by atoms with Crippen LogP contribution in [0.2, 0.25) is 0 Å². The second-order valence-corrected chi connectivity index (χ2v) is 7.97. The second kappa shape index (κ2) is 7.41. The van der Waals surface area contributed by atoms with Gasteiger partial charge in [0.05, 0.1) is 31.5 Å². The first kappa shape index (κ1) is 18.6. The first-order chi connectivity index (χ1) is 11.2. The minimum atomic E-state index is -3.43. The van der Waals surface area contributed by atoms with Crippen molar-refractivity contribution in [3.05, 3.63) is 18.5 Å². The molecule has 0 aliphatic carbocycles. The molecule has 0 saturated carbocycles. The lowest BCUT2D eigenvalue weighted by molar-refractivity contribution is -0.132. The van der Waals surface area contributed by atoms with Crippen LogP contribution in [0.25, 0.3) is 0 Å². The summed E-state index contributed by atoms with van der Waals surface area (Å²) in [6, 6.07) is 1.72. The molecule has 1 fully saturated rings. The van der Waals surface area contributed by atoms with Crippen LogP contribution in [0.5, 0.6) is 0 Å². The van der Waals surface area contributed by atoms with E-state index in [2.05, 4.69) is 14.7 Å². The Hall–Kier alpha value is -1.78. The molecule has 1 amide bonds. The number of carbonyl (C=O) groups is 1. The maximum absolute atomic E-state index is 12.0. The molecular weight excluding hydrogens is 334 g/mol. The number of carbonyl (C=O) groups excluding carboxylic acids is 1. The van der Waals surface area contributed by atoms with E-state index in [9.17, 15) is 18.3 Å². The van der Waals surface area contributed by atoms with Gasteiger partial charge in [0.2, 0.25) is 21.9 Å². The molecule has 1 aromatic rings. The lowest BCUT2D eigenvalue weighted by Crippen LogP contribution is -2.55. The van der Waals surface area contributed by atoms with Gasteiger partial charge in [-0.15, -0.1) is 0 Å². The third kappa shape index (κ3) is 5.39. The SMILES string of the molecule is CN(CC1(O)CCCN(c2ncccn2)C1)C(=O)CNS(C)(=O)=O. The highest BCUT2D eigenvalue weighted by molar-refractivity contribution is 7.88. The molecule has 0 bridgehead atoms. The number of nitrogens with one attached hydrogen (secondary N) is 1. The van der Waals surface area contributed by atoms with E-state index in [-0.39, 0.29) is 13.1 Å². The number of nitrogens with zero attached hydrogens (tertiary/aromatic N) is 4. The van der Waals surface area contributed by atoms with Gasteiger partial charge in [0.1, 0.15) is 0 Å². The van der Waals surface area contributed by atoms with Crippen LogP contribution in [-0.4, -0.2) is 79.4 Å². The molecule has 2 heterocycles. The van der Waals surface area contributed by atoms with Crippen LogP contribution in [0.3, 0.4) is 0 Å². The van der Waals surface area contributed by atoms with Crippen molar-refractivity contribution in [1.82, 2.24) is 19.6 Å². The van der Waals surface area contributed by atoms with Crippen molar-refractivity contribution < 1.29 is 18.3 Å². The fourth-order valence-corrected chi connectivity index (χ4v) is 3.11. The number of anilines is 1. The molecule has 9 nitrogen and oxygen atoms in total. The number of likely N-dealkylation sites (N-methyl/N-ethyl adjacent to an activating group) is 1. The monoisotopic (exact) mass is 357 g/mol. The van der Waals surface area contributed by atoms with Gasteiger partial charge in [-0.3, -0.25) is 4.79 Å². The zero-order valence-corrected chi connectivity index (χ0v) is 14.7. The minimum absolute atomic E-state index is 0.112. The van der Waals surface area contributed by atoms with E-state index < -0.39 is 21.5 Å². The maximum Gasteiger partial charge on any atom is 0.237 e. The van der Waals surface area contributed by atoms with Crippen molar-refractivity contribution in [3.8, 4) is 0 Å². The van der Waals surface area contributed by atoms with Crippen molar-refractivity contribution in [1.29, 1.82) is 0 Å². The number of β-amino-alcohol motifs (C(OH)–C–C–N with tert-alkyl or cyclic N) is 1. The number of sulfonamides is 1. The highest BCUT2D eigenvalue weighted by Crippen LogP contribution is 2.24. The van der Waals surface area contributed by atoms with Crippen LogP contribution in [-0.2, 0) is 14.8 Å². The molecule has 1 atom stereocenters. The number of rotatable bonds is 6. The number of aliphatic hydroxyl groups is 1. The summed E-state index contributed by atoms with van der Waals surface area (Å²) in [5.41, 5.74) is -1.09. The molecule has 24 heavy (non-hydrogen) atoms. The Labute approximate surface area is 141 Å². The van der Waals surface area contributed by atoms with E-state index in [0.29, 0.717) is 18.9 Å². The van der Waals surface area contributed by atoms with Gasteiger partial charge in [-0.05, 0) is 18.9 Å². The molecule has 0 aromatic carbocycles. The minimum Gasteiger partial charge on any atom is -0.386 e. The third-order valence-corrected chi connectivity index (χ3v) is 4.50. The van der Waals surface area contributed by atoms with E-state index in [1.807, 2.05) is 4.90 Å². The van der Waals surface area contributed by atoms with Gasteiger partial charge in [-0.1, -0.05) is 0 Å². The van der Waals surface area contributed by atoms with Crippen LogP contribution in [0.4, 0.5) is 5.95 Å². The van der Waals surface area contributed by atoms with Gasteiger partial charge in [0.15, 0.2) is 0 Å². The van der Waals surface area contributed by atoms with E-state index in [1.165, 1.54) is 4.90 Å². The molecule has 10 heteroatoms. The van der Waals surface area contributed by atoms with E-state index >= 15 is 0 Å². The summed E-state index contributed by atoms with van der Waals surface area (Å²) < 4.78 is 24.3. The van der Waals surface area contributed by atoms with Crippen LogP contribution in [0.15, 0.2) is 18.5 Å². The molecule has 0 spiro atoms.